The molecule has 1 amide bonds. The Bertz CT molecular complexity index is 505. The lowest BCUT2D eigenvalue weighted by Crippen LogP contribution is -2.46. The largest absolute Gasteiger partial charge is 0.335 e. The number of hydrogen-bond acceptors (Lipinski definition) is 1. The quantitative estimate of drug-likeness (QED) is 0.654. The predicted molar refractivity (Wildman–Crippen MR) is 85.6 cm³/mol. The molecule has 2 atom stereocenters. The third-order valence-corrected chi connectivity index (χ3v) is 5.99. The number of benzene rings is 1. The lowest BCUT2D eigenvalue weighted by atomic mass is 9.91. The highest BCUT2D eigenvalue weighted by atomic mass is 127. The van der Waals surface area contributed by atoms with E-state index >= 15 is 0 Å². The van der Waals surface area contributed by atoms with Gasteiger partial charge in [0.2, 0.25) is 0 Å². The van der Waals surface area contributed by atoms with Crippen LogP contribution in [0.5, 0.6) is 0 Å². The Balaban J connectivity index is 1.84. The van der Waals surface area contributed by atoms with Crippen molar-refractivity contribution in [2.75, 3.05) is 6.54 Å². The summed E-state index contributed by atoms with van der Waals surface area (Å²) < 4.78 is 0.994. The fourth-order valence-corrected chi connectivity index (χ4v) is 4.02. The van der Waals surface area contributed by atoms with Gasteiger partial charge >= 0.3 is 0 Å². The Kier molecular flexibility index (Phi) is 4.03. The average molecular weight is 390 g/mol. The second-order valence-corrected chi connectivity index (χ2v) is 7.10. The van der Waals surface area contributed by atoms with Gasteiger partial charge in [-0.25, -0.2) is 0 Å². The molecule has 0 bridgehead atoms. The molecule has 1 aromatic carbocycles. The van der Waals surface area contributed by atoms with Crippen molar-refractivity contribution < 1.29 is 4.79 Å². The van der Waals surface area contributed by atoms with E-state index in [0.717, 1.165) is 28.0 Å². The number of likely N-dealkylation sites (tertiary alicyclic amines) is 1. The zero-order valence-electron chi connectivity index (χ0n) is 10.7. The number of hydrogen-bond donors (Lipinski definition) is 0. The molecule has 0 N–H and O–H groups in total. The van der Waals surface area contributed by atoms with E-state index < -0.39 is 0 Å². The Morgan fingerprint density at radius 3 is 2.84 bits per heavy atom. The smallest absolute Gasteiger partial charge is 0.254 e. The topological polar surface area (TPSA) is 20.3 Å². The maximum atomic E-state index is 12.7. The van der Waals surface area contributed by atoms with Gasteiger partial charge in [-0.3, -0.25) is 4.79 Å². The van der Waals surface area contributed by atoms with Crippen molar-refractivity contribution in [3.63, 3.8) is 0 Å². The standard InChI is InChI=1S/C15H17ClINO/c16-12-9-11(6-7-13(12)17)15(19)18-8-2-4-10-3-1-5-14(10)18/h6-7,9-10,14H,1-5,8H2. The van der Waals surface area contributed by atoms with Gasteiger partial charge in [0.05, 0.1) is 5.02 Å². The molecule has 1 saturated carbocycles. The minimum Gasteiger partial charge on any atom is -0.335 e. The Hall–Kier alpha value is -0.290. The first kappa shape index (κ1) is 13.7. The normalized spacial score (nSPS) is 26.3. The number of nitrogens with zero attached hydrogens (tertiary/aromatic N) is 1. The summed E-state index contributed by atoms with van der Waals surface area (Å²) in [7, 11) is 0. The second kappa shape index (κ2) is 5.60. The highest BCUT2D eigenvalue weighted by Gasteiger charge is 2.37. The molecule has 2 aliphatic rings. The van der Waals surface area contributed by atoms with E-state index in [-0.39, 0.29) is 5.91 Å². The Labute approximate surface area is 132 Å². The van der Waals surface area contributed by atoms with E-state index in [4.69, 9.17) is 11.6 Å². The molecule has 1 aliphatic heterocycles. The van der Waals surface area contributed by atoms with Crippen molar-refractivity contribution in [3.8, 4) is 0 Å². The second-order valence-electron chi connectivity index (χ2n) is 5.53. The number of amides is 1. The van der Waals surface area contributed by atoms with Crippen LogP contribution in [0.4, 0.5) is 0 Å². The van der Waals surface area contributed by atoms with Gasteiger partial charge in [0.1, 0.15) is 0 Å². The van der Waals surface area contributed by atoms with Crippen LogP contribution in [0, 0.1) is 9.49 Å². The van der Waals surface area contributed by atoms with Gasteiger partial charge in [-0.1, -0.05) is 18.0 Å². The van der Waals surface area contributed by atoms with Gasteiger partial charge in [0.25, 0.3) is 5.91 Å². The van der Waals surface area contributed by atoms with Crippen molar-refractivity contribution in [1.82, 2.24) is 4.90 Å². The average Bonchev–Trinajstić information content (AvgIpc) is 2.89. The van der Waals surface area contributed by atoms with Gasteiger partial charge < -0.3 is 4.90 Å². The highest BCUT2D eigenvalue weighted by Crippen LogP contribution is 2.37. The third kappa shape index (κ3) is 2.64. The van der Waals surface area contributed by atoms with Crippen LogP contribution in [0.3, 0.4) is 0 Å². The molecule has 1 saturated heterocycles. The summed E-state index contributed by atoms with van der Waals surface area (Å²) in [6.45, 7) is 0.906. The number of halogens is 2. The maximum Gasteiger partial charge on any atom is 0.254 e. The first-order chi connectivity index (χ1) is 9.16. The molecule has 0 spiro atoms. The lowest BCUT2D eigenvalue weighted by molar-refractivity contribution is 0.0548. The van der Waals surface area contributed by atoms with E-state index in [0.29, 0.717) is 11.1 Å². The summed E-state index contributed by atoms with van der Waals surface area (Å²) in [5.41, 5.74) is 0.734. The van der Waals surface area contributed by atoms with Crippen LogP contribution in [-0.2, 0) is 0 Å². The van der Waals surface area contributed by atoms with Crippen LogP contribution >= 0.6 is 34.2 Å². The molecule has 1 aliphatic carbocycles. The molecular formula is C15H17ClINO. The van der Waals surface area contributed by atoms with Crippen LogP contribution in [-0.4, -0.2) is 23.4 Å². The highest BCUT2D eigenvalue weighted by molar-refractivity contribution is 14.1. The van der Waals surface area contributed by atoms with Crippen molar-refractivity contribution >= 4 is 40.1 Å². The van der Waals surface area contributed by atoms with Gasteiger partial charge in [-0.15, -0.1) is 0 Å². The SMILES string of the molecule is O=C(c1ccc(I)c(Cl)c1)N1CCCC2CCCC21. The molecule has 2 fully saturated rings. The van der Waals surface area contributed by atoms with E-state index in [1.54, 1.807) is 0 Å². The molecule has 1 heterocycles. The summed E-state index contributed by atoms with van der Waals surface area (Å²) in [4.78, 5) is 14.8. The number of carbonyl (C=O) groups excluding carboxylic acids is 1. The molecule has 102 valence electrons. The first-order valence-electron chi connectivity index (χ1n) is 6.93. The van der Waals surface area contributed by atoms with Crippen LogP contribution in [0.25, 0.3) is 0 Å². The minimum atomic E-state index is 0.162. The molecule has 4 heteroatoms. The van der Waals surface area contributed by atoms with Gasteiger partial charge in [0, 0.05) is 21.7 Å². The third-order valence-electron chi connectivity index (χ3n) is 4.42. The summed E-state index contributed by atoms with van der Waals surface area (Å²) in [5, 5.41) is 0.673. The molecule has 0 aromatic heterocycles. The van der Waals surface area contributed by atoms with E-state index in [1.165, 1.54) is 25.7 Å². The fraction of sp³-hybridized carbons (Fsp3) is 0.533. The Morgan fingerprint density at radius 2 is 2.05 bits per heavy atom. The molecule has 2 nitrogen and oxygen atoms in total. The number of piperidine rings is 1. The van der Waals surface area contributed by atoms with Crippen molar-refractivity contribution in [2.45, 2.75) is 38.1 Å². The van der Waals surface area contributed by atoms with Gasteiger partial charge in [-0.2, -0.15) is 0 Å². The molecule has 2 unspecified atom stereocenters. The van der Waals surface area contributed by atoms with Crippen LogP contribution < -0.4 is 0 Å². The molecule has 3 rings (SSSR count). The zero-order valence-corrected chi connectivity index (χ0v) is 13.7. The van der Waals surface area contributed by atoms with E-state index in [1.807, 2.05) is 18.2 Å². The predicted octanol–water partition coefficient (Wildman–Crippen LogP) is 4.35. The van der Waals surface area contributed by atoms with Gasteiger partial charge in [0.15, 0.2) is 0 Å². The van der Waals surface area contributed by atoms with Crippen LogP contribution in [0.15, 0.2) is 18.2 Å². The minimum absolute atomic E-state index is 0.162. The van der Waals surface area contributed by atoms with Crippen molar-refractivity contribution in [1.29, 1.82) is 0 Å². The number of fused-ring (bicyclic) bond motifs is 1. The van der Waals surface area contributed by atoms with Crippen molar-refractivity contribution in [2.24, 2.45) is 5.92 Å². The van der Waals surface area contributed by atoms with Crippen LogP contribution in [0.1, 0.15) is 42.5 Å². The molecule has 1 aromatic rings. The van der Waals surface area contributed by atoms with Crippen molar-refractivity contribution in [3.05, 3.63) is 32.4 Å². The number of rotatable bonds is 1. The molecular weight excluding hydrogens is 373 g/mol. The number of carbonyl (C=O) groups is 1. The zero-order chi connectivity index (χ0) is 13.4. The summed E-state index contributed by atoms with van der Waals surface area (Å²) in [5.74, 6) is 0.895. The molecule has 0 radical (unpaired) electrons. The Morgan fingerprint density at radius 1 is 1.26 bits per heavy atom. The van der Waals surface area contributed by atoms with Crippen LogP contribution in [0.2, 0.25) is 5.02 Å². The van der Waals surface area contributed by atoms with E-state index in [2.05, 4.69) is 27.5 Å². The summed E-state index contributed by atoms with van der Waals surface area (Å²) in [6.07, 6.45) is 6.18. The summed E-state index contributed by atoms with van der Waals surface area (Å²) in [6, 6.07) is 6.10. The fourth-order valence-electron chi connectivity index (χ4n) is 3.50. The lowest BCUT2D eigenvalue weighted by Gasteiger charge is -2.37. The summed E-state index contributed by atoms with van der Waals surface area (Å²) >= 11 is 8.32. The van der Waals surface area contributed by atoms with E-state index in [9.17, 15) is 4.79 Å². The monoisotopic (exact) mass is 389 g/mol. The first-order valence-corrected chi connectivity index (χ1v) is 8.38. The molecule has 19 heavy (non-hydrogen) atoms. The van der Waals surface area contributed by atoms with Gasteiger partial charge in [-0.05, 0) is 72.4 Å². The maximum absolute atomic E-state index is 12.7.